The van der Waals surface area contributed by atoms with Crippen LogP contribution in [0, 0.1) is 69.5 Å². The van der Waals surface area contributed by atoms with Gasteiger partial charge in [-0.3, -0.25) is 0 Å². The number of nitrogens with zero attached hydrogens (tertiary/aromatic N) is 2. The Morgan fingerprint density at radius 2 is 1.50 bits per heavy atom. The first-order valence-corrected chi connectivity index (χ1v) is 7.52. The summed E-state index contributed by atoms with van der Waals surface area (Å²) in [7, 11) is 0. The summed E-state index contributed by atoms with van der Waals surface area (Å²) in [6.45, 7) is 0. The second-order valence-corrected chi connectivity index (χ2v) is 5.27. The minimum absolute atomic E-state index is 0. The molecular formula is C19H14ClFFeN2+2. The first-order valence-electron chi connectivity index (χ1n) is 7.14. The minimum atomic E-state index is -0.428. The van der Waals surface area contributed by atoms with Crippen LogP contribution in [0.3, 0.4) is 0 Å². The fourth-order valence-electron chi connectivity index (χ4n) is 2.21. The van der Waals surface area contributed by atoms with Gasteiger partial charge in [-0.15, -0.1) is 0 Å². The van der Waals surface area contributed by atoms with Crippen LogP contribution >= 0.6 is 11.6 Å². The summed E-state index contributed by atoms with van der Waals surface area (Å²) in [6, 6.07) is 6.47. The first kappa shape index (κ1) is 19.5. The average molecular weight is 381 g/mol. The van der Waals surface area contributed by atoms with Crippen LogP contribution in [0.4, 0.5) is 4.39 Å². The van der Waals surface area contributed by atoms with Crippen LogP contribution in [-0.2, 0) is 17.1 Å². The van der Waals surface area contributed by atoms with E-state index in [1.54, 1.807) is 23.0 Å². The summed E-state index contributed by atoms with van der Waals surface area (Å²) >= 11 is 5.79. The molecule has 10 radical (unpaired) electrons. The van der Waals surface area contributed by atoms with Gasteiger partial charge in [0.25, 0.3) is 0 Å². The number of benzene rings is 1. The fourth-order valence-corrected chi connectivity index (χ4v) is 2.38. The normalized spacial score (nSPS) is 17.2. The Hall–Kier alpha value is -0.831. The van der Waals surface area contributed by atoms with E-state index in [0.717, 1.165) is 17.3 Å². The Morgan fingerprint density at radius 1 is 0.875 bits per heavy atom. The van der Waals surface area contributed by atoms with Crippen LogP contribution in [0.15, 0.2) is 30.5 Å². The van der Waals surface area contributed by atoms with Crippen LogP contribution in [-0.4, -0.2) is 9.78 Å². The third-order valence-electron chi connectivity index (χ3n) is 3.30. The van der Waals surface area contributed by atoms with Gasteiger partial charge in [-0.1, -0.05) is 11.6 Å². The van der Waals surface area contributed by atoms with E-state index in [4.69, 9.17) is 11.6 Å². The van der Waals surface area contributed by atoms with Gasteiger partial charge in [-0.2, -0.15) is 5.10 Å². The van der Waals surface area contributed by atoms with Crippen molar-refractivity contribution in [1.82, 2.24) is 9.78 Å². The fraction of sp³-hybridized carbons (Fsp3) is 0. The molecule has 24 heavy (non-hydrogen) atoms. The van der Waals surface area contributed by atoms with Gasteiger partial charge in [-0.25, -0.2) is 9.07 Å². The van der Waals surface area contributed by atoms with Gasteiger partial charge in [0.05, 0.1) is 16.4 Å². The van der Waals surface area contributed by atoms with Crippen molar-refractivity contribution in [2.75, 3.05) is 0 Å². The van der Waals surface area contributed by atoms with Crippen LogP contribution in [0.1, 0.15) is 5.69 Å². The Balaban J connectivity index is 0.000000300. The number of hydrogen-bond acceptors (Lipinski definition) is 1. The Labute approximate surface area is 159 Å². The number of aromatic nitrogens is 2. The molecule has 1 aromatic heterocycles. The van der Waals surface area contributed by atoms with Gasteiger partial charge in [0.1, 0.15) is 5.82 Å². The maximum absolute atomic E-state index is 13.2. The number of halogens is 2. The van der Waals surface area contributed by atoms with Crippen molar-refractivity contribution in [3.05, 3.63) is 111 Å². The summed E-state index contributed by atoms with van der Waals surface area (Å²) in [5, 5.41) is 4.34. The van der Waals surface area contributed by atoms with Crippen molar-refractivity contribution in [2.45, 2.75) is 0 Å². The van der Waals surface area contributed by atoms with E-state index < -0.39 is 5.82 Å². The molecule has 4 rings (SSSR count). The zero-order valence-electron chi connectivity index (χ0n) is 12.6. The van der Waals surface area contributed by atoms with E-state index in [0.29, 0.717) is 0 Å². The van der Waals surface area contributed by atoms with Crippen molar-refractivity contribution in [1.29, 1.82) is 0 Å². The van der Waals surface area contributed by atoms with Crippen LogP contribution in [0.2, 0.25) is 5.02 Å². The number of rotatable bonds is 2. The molecule has 2 aromatic rings. The molecule has 1 heterocycles. The minimum Gasteiger partial charge on any atom is -0.237 e. The zero-order chi connectivity index (χ0) is 16.1. The van der Waals surface area contributed by atoms with Crippen molar-refractivity contribution < 1.29 is 21.5 Å². The zero-order valence-corrected chi connectivity index (χ0v) is 14.4. The molecular weight excluding hydrogens is 367 g/mol. The topological polar surface area (TPSA) is 17.8 Å². The van der Waals surface area contributed by atoms with Gasteiger partial charge in [-0.05, 0) is 82.1 Å². The average Bonchev–Trinajstić information content (AvgIpc) is 3.33. The standard InChI is InChI=1S/C14H9ClFN2.C5H5.Fe/c15-12-9-11(5-6-13(12)16)18-14(7-8-17-18)10-3-1-2-4-10;1-2-4-5-3-1;/h1-9H;1-5H;/q;;+2. The van der Waals surface area contributed by atoms with Gasteiger partial charge >= 0.3 is 17.1 Å². The molecule has 5 heteroatoms. The van der Waals surface area contributed by atoms with Crippen molar-refractivity contribution in [3.8, 4) is 5.69 Å². The molecule has 0 N–H and O–H groups in total. The molecule has 2 fully saturated rings. The van der Waals surface area contributed by atoms with Gasteiger partial charge in [0.15, 0.2) is 0 Å². The van der Waals surface area contributed by atoms with Crippen LogP contribution in [0.5, 0.6) is 0 Å². The quantitative estimate of drug-likeness (QED) is 0.705. The predicted molar refractivity (Wildman–Crippen MR) is 89.6 cm³/mol. The summed E-state index contributed by atoms with van der Waals surface area (Å²) < 4.78 is 14.9. The molecule has 0 spiro atoms. The summed E-state index contributed by atoms with van der Waals surface area (Å²) in [4.78, 5) is 0. The Kier molecular flexibility index (Phi) is 7.80. The van der Waals surface area contributed by atoms with E-state index in [2.05, 4.69) is 5.10 Å². The molecule has 0 aliphatic heterocycles. The van der Waals surface area contributed by atoms with Crippen LogP contribution < -0.4 is 0 Å². The van der Waals surface area contributed by atoms with E-state index in [-0.39, 0.29) is 22.1 Å². The van der Waals surface area contributed by atoms with E-state index in [1.807, 2.05) is 63.9 Å². The Bertz CT molecular complexity index is 626. The second-order valence-electron chi connectivity index (χ2n) is 4.86. The van der Waals surface area contributed by atoms with Gasteiger partial charge in [0.2, 0.25) is 0 Å². The molecule has 2 aliphatic rings. The Morgan fingerprint density at radius 3 is 2.08 bits per heavy atom. The summed E-state index contributed by atoms with van der Waals surface area (Å²) in [5.41, 5.74) is 1.69. The molecule has 2 aliphatic carbocycles. The van der Waals surface area contributed by atoms with Gasteiger partial charge < -0.3 is 0 Å². The van der Waals surface area contributed by atoms with E-state index >= 15 is 0 Å². The molecule has 0 saturated heterocycles. The molecule has 120 valence electrons. The molecule has 0 amide bonds. The van der Waals surface area contributed by atoms with Crippen molar-refractivity contribution >= 4 is 11.6 Å². The van der Waals surface area contributed by atoms with Crippen LogP contribution in [0.25, 0.3) is 5.69 Å². The molecule has 0 bridgehead atoms. The monoisotopic (exact) mass is 380 g/mol. The van der Waals surface area contributed by atoms with Crippen molar-refractivity contribution in [2.24, 2.45) is 0 Å². The SMILES string of the molecule is Fc1ccc(-n2nccc2[C]2[CH][CH][CH][CH]2)cc1Cl.[CH]1[CH][CH][CH][CH]1.[Fe+2]. The maximum Gasteiger partial charge on any atom is 2.00 e. The van der Waals surface area contributed by atoms with E-state index in [1.165, 1.54) is 6.07 Å². The molecule has 0 atom stereocenters. The summed E-state index contributed by atoms with van der Waals surface area (Å²) in [6.07, 6.45) is 19.6. The molecule has 2 nitrogen and oxygen atoms in total. The van der Waals surface area contributed by atoms with Gasteiger partial charge in [0, 0.05) is 12.1 Å². The maximum atomic E-state index is 13.2. The smallest absolute Gasteiger partial charge is 0.237 e. The third-order valence-corrected chi connectivity index (χ3v) is 3.59. The molecule has 2 saturated carbocycles. The largest absolute Gasteiger partial charge is 2.00 e. The predicted octanol–water partition coefficient (Wildman–Crippen LogP) is 4.44. The third kappa shape index (κ3) is 4.84. The first-order chi connectivity index (χ1) is 11.3. The summed E-state index contributed by atoms with van der Waals surface area (Å²) in [5.74, 6) is 0.635. The molecule has 1 aromatic carbocycles. The number of hydrogen-bond donors (Lipinski definition) is 0. The van der Waals surface area contributed by atoms with Crippen molar-refractivity contribution in [3.63, 3.8) is 0 Å². The molecule has 0 unspecified atom stereocenters. The van der Waals surface area contributed by atoms with E-state index in [9.17, 15) is 4.39 Å². The second kappa shape index (κ2) is 9.60.